The molecular formula is C28H25N3O5S2. The van der Waals surface area contributed by atoms with Gasteiger partial charge in [0.1, 0.15) is 0 Å². The average molecular weight is 548 g/mol. The first-order valence-electron chi connectivity index (χ1n) is 11.9. The Morgan fingerprint density at radius 2 is 1.79 bits per heavy atom. The van der Waals surface area contributed by atoms with E-state index in [-0.39, 0.29) is 36.4 Å². The Balaban J connectivity index is 1.44. The van der Waals surface area contributed by atoms with Crippen LogP contribution in [0.2, 0.25) is 0 Å². The molecule has 0 atom stereocenters. The third-order valence-electron chi connectivity index (χ3n) is 6.09. The van der Waals surface area contributed by atoms with Gasteiger partial charge in [-0.25, -0.2) is 8.42 Å². The van der Waals surface area contributed by atoms with Crippen molar-refractivity contribution < 1.29 is 22.7 Å². The van der Waals surface area contributed by atoms with Crippen LogP contribution in [0.15, 0.2) is 76.6 Å². The highest BCUT2D eigenvalue weighted by Crippen LogP contribution is 2.37. The van der Waals surface area contributed by atoms with Gasteiger partial charge >= 0.3 is 0 Å². The number of nitrogens with zero attached hydrogens (tertiary/aromatic N) is 3. The highest BCUT2D eigenvalue weighted by molar-refractivity contribution is 7.89. The van der Waals surface area contributed by atoms with E-state index >= 15 is 0 Å². The van der Waals surface area contributed by atoms with Gasteiger partial charge in [0.2, 0.25) is 16.8 Å². The lowest BCUT2D eigenvalue weighted by molar-refractivity contribution is 0.0997. The van der Waals surface area contributed by atoms with Crippen LogP contribution in [-0.2, 0) is 23.1 Å². The number of fused-ring (bicyclic) bond motifs is 2. The molecule has 194 valence electrons. The lowest BCUT2D eigenvalue weighted by Crippen LogP contribution is -2.36. The van der Waals surface area contributed by atoms with Gasteiger partial charge in [0, 0.05) is 30.3 Å². The molecule has 1 aliphatic heterocycles. The van der Waals surface area contributed by atoms with Crippen LogP contribution in [0.1, 0.15) is 29.8 Å². The van der Waals surface area contributed by atoms with Gasteiger partial charge in [0.25, 0.3) is 5.91 Å². The molecular weight excluding hydrogens is 522 g/mol. The molecule has 10 heteroatoms. The van der Waals surface area contributed by atoms with Crippen LogP contribution in [0.5, 0.6) is 11.5 Å². The molecule has 8 nitrogen and oxygen atoms in total. The summed E-state index contributed by atoms with van der Waals surface area (Å²) in [5.41, 5.74) is 1.95. The summed E-state index contributed by atoms with van der Waals surface area (Å²) in [5, 5.41) is 0. The largest absolute Gasteiger partial charge is 0.454 e. The number of amides is 1. The second-order valence-electron chi connectivity index (χ2n) is 8.92. The maximum atomic E-state index is 13.4. The number of ether oxygens (including phenoxy) is 2. The highest BCUT2D eigenvalue weighted by Gasteiger charge is 2.27. The summed E-state index contributed by atoms with van der Waals surface area (Å²) in [5.74, 6) is 3.33. The van der Waals surface area contributed by atoms with Gasteiger partial charge in [-0.2, -0.15) is 9.30 Å². The minimum atomic E-state index is -3.79. The summed E-state index contributed by atoms with van der Waals surface area (Å²) < 4.78 is 41.8. The van der Waals surface area contributed by atoms with E-state index in [9.17, 15) is 13.2 Å². The lowest BCUT2D eigenvalue weighted by atomic mass is 10.2. The van der Waals surface area contributed by atoms with Crippen molar-refractivity contribution in [2.24, 2.45) is 4.99 Å². The predicted octanol–water partition coefficient (Wildman–Crippen LogP) is 4.41. The highest BCUT2D eigenvalue weighted by atomic mass is 32.2. The molecule has 0 fully saturated rings. The van der Waals surface area contributed by atoms with Crippen LogP contribution in [0.4, 0.5) is 0 Å². The molecule has 0 N–H and O–H groups in total. The summed E-state index contributed by atoms with van der Waals surface area (Å²) in [7, 11) is -3.79. The number of carbonyl (C=O) groups is 1. The number of thiazole rings is 1. The summed E-state index contributed by atoms with van der Waals surface area (Å²) >= 11 is 1.31. The Bertz CT molecular complexity index is 1710. The fraction of sp³-hybridized carbons (Fsp3) is 0.214. The van der Waals surface area contributed by atoms with E-state index in [1.165, 1.54) is 39.9 Å². The lowest BCUT2D eigenvalue weighted by Gasteiger charge is -2.26. The fourth-order valence-corrected chi connectivity index (χ4v) is 6.82. The Labute approximate surface area is 224 Å². The maximum absolute atomic E-state index is 13.4. The topological polar surface area (TPSA) is 90.2 Å². The molecule has 0 saturated heterocycles. The molecule has 1 amide bonds. The number of terminal acetylenes is 1. The molecule has 0 bridgehead atoms. The maximum Gasteiger partial charge on any atom is 0.279 e. The Hall–Kier alpha value is -3.91. The Kier molecular flexibility index (Phi) is 7.08. The van der Waals surface area contributed by atoms with Crippen molar-refractivity contribution in [1.29, 1.82) is 0 Å². The second kappa shape index (κ2) is 10.5. The molecule has 0 saturated carbocycles. The first-order chi connectivity index (χ1) is 18.3. The average Bonchev–Trinajstić information content (AvgIpc) is 3.50. The normalized spacial score (nSPS) is 13.4. The minimum Gasteiger partial charge on any atom is -0.454 e. The van der Waals surface area contributed by atoms with E-state index < -0.39 is 15.9 Å². The summed E-state index contributed by atoms with van der Waals surface area (Å²) in [6, 6.07) is 18.7. The molecule has 1 aliphatic rings. The smallest absolute Gasteiger partial charge is 0.279 e. The third-order valence-corrected chi connectivity index (χ3v) is 9.17. The van der Waals surface area contributed by atoms with Gasteiger partial charge in [-0.05, 0) is 43.7 Å². The van der Waals surface area contributed by atoms with Crippen molar-refractivity contribution in [2.75, 3.05) is 6.79 Å². The zero-order chi connectivity index (χ0) is 26.9. The van der Waals surface area contributed by atoms with Crippen molar-refractivity contribution in [2.45, 2.75) is 37.9 Å². The molecule has 5 rings (SSSR count). The van der Waals surface area contributed by atoms with Gasteiger partial charge in [-0.3, -0.25) is 4.79 Å². The molecule has 1 aromatic heterocycles. The van der Waals surface area contributed by atoms with Crippen molar-refractivity contribution in [3.05, 3.63) is 82.7 Å². The van der Waals surface area contributed by atoms with E-state index in [2.05, 4.69) is 10.9 Å². The molecule has 4 aromatic rings. The van der Waals surface area contributed by atoms with Crippen molar-refractivity contribution in [3.8, 4) is 23.8 Å². The van der Waals surface area contributed by atoms with Crippen molar-refractivity contribution in [3.63, 3.8) is 0 Å². The summed E-state index contributed by atoms with van der Waals surface area (Å²) in [6.45, 7) is 4.29. The molecule has 2 heterocycles. The van der Waals surface area contributed by atoms with E-state index in [0.717, 1.165) is 15.8 Å². The number of carbonyl (C=O) groups excluding carboxylic acids is 1. The van der Waals surface area contributed by atoms with Gasteiger partial charge < -0.3 is 14.0 Å². The van der Waals surface area contributed by atoms with Crippen LogP contribution in [-0.4, -0.2) is 36.0 Å². The van der Waals surface area contributed by atoms with Crippen LogP contribution >= 0.6 is 11.3 Å². The van der Waals surface area contributed by atoms with Crippen LogP contribution in [0.25, 0.3) is 10.2 Å². The molecule has 0 unspecified atom stereocenters. The number of benzene rings is 3. The molecule has 0 aliphatic carbocycles. The number of sulfonamides is 1. The quantitative estimate of drug-likeness (QED) is 0.320. The van der Waals surface area contributed by atoms with E-state index in [1.54, 1.807) is 4.57 Å². The van der Waals surface area contributed by atoms with E-state index in [0.29, 0.717) is 16.3 Å². The van der Waals surface area contributed by atoms with E-state index in [1.807, 2.05) is 56.3 Å². The zero-order valence-corrected chi connectivity index (χ0v) is 22.5. The number of rotatable bonds is 7. The minimum absolute atomic E-state index is 0.109. The first kappa shape index (κ1) is 25.7. The Morgan fingerprint density at radius 3 is 2.45 bits per heavy atom. The standard InChI is InChI=1S/C28H25N3O5S2/c1-4-14-30-23-15-24-25(36-18-35-24)16-26(23)37-28(30)29-27(32)21-10-12-22(13-11-21)38(33,34)31(19(2)3)17-20-8-6-5-7-9-20/h1,5-13,15-16,19H,14,17-18H2,2-3H3. The molecule has 0 spiro atoms. The SMILES string of the molecule is C#CCn1c(=NC(=O)c2ccc(S(=O)(=O)N(Cc3ccccc3)C(C)C)cc2)sc2cc3c(cc21)OCO3. The fourth-order valence-electron chi connectivity index (χ4n) is 4.15. The molecule has 0 radical (unpaired) electrons. The second-order valence-corrected chi connectivity index (χ2v) is 11.8. The summed E-state index contributed by atoms with van der Waals surface area (Å²) in [6.07, 6.45) is 5.58. The van der Waals surface area contributed by atoms with Gasteiger partial charge in [0.05, 0.1) is 21.7 Å². The van der Waals surface area contributed by atoms with Gasteiger partial charge in [-0.15, -0.1) is 6.42 Å². The van der Waals surface area contributed by atoms with Crippen LogP contribution in [0.3, 0.4) is 0 Å². The van der Waals surface area contributed by atoms with E-state index in [4.69, 9.17) is 15.9 Å². The van der Waals surface area contributed by atoms with Crippen LogP contribution < -0.4 is 14.3 Å². The third kappa shape index (κ3) is 4.96. The Morgan fingerprint density at radius 1 is 1.11 bits per heavy atom. The summed E-state index contributed by atoms with van der Waals surface area (Å²) in [4.78, 5) is 17.9. The van der Waals surface area contributed by atoms with Crippen molar-refractivity contribution in [1.82, 2.24) is 8.87 Å². The molecule has 38 heavy (non-hydrogen) atoms. The number of aromatic nitrogens is 1. The monoisotopic (exact) mass is 547 g/mol. The van der Waals surface area contributed by atoms with Crippen molar-refractivity contribution >= 4 is 37.5 Å². The van der Waals surface area contributed by atoms with Crippen LogP contribution in [0, 0.1) is 12.3 Å². The van der Waals surface area contributed by atoms with Gasteiger partial charge in [0.15, 0.2) is 16.3 Å². The molecule has 3 aromatic carbocycles. The zero-order valence-electron chi connectivity index (χ0n) is 20.8. The predicted molar refractivity (Wildman–Crippen MR) is 145 cm³/mol. The number of hydrogen-bond acceptors (Lipinski definition) is 6. The van der Waals surface area contributed by atoms with Gasteiger partial charge in [-0.1, -0.05) is 47.6 Å². The number of hydrogen-bond donors (Lipinski definition) is 0. The first-order valence-corrected chi connectivity index (χ1v) is 14.1.